The van der Waals surface area contributed by atoms with Crippen molar-refractivity contribution in [2.75, 3.05) is 0 Å². The molecule has 0 radical (unpaired) electrons. The van der Waals surface area contributed by atoms with Crippen LogP contribution in [-0.4, -0.2) is 34.7 Å². The summed E-state index contributed by atoms with van der Waals surface area (Å²) in [6.07, 6.45) is 5.59. The number of H-pyrrole nitrogens is 1. The molecule has 8 heteroatoms. The Hall–Kier alpha value is -3.55. The number of hydrogen-bond donors (Lipinski definition) is 1. The lowest BCUT2D eigenvalue weighted by atomic mass is 10.0. The predicted molar refractivity (Wildman–Crippen MR) is 110 cm³/mol. The number of rotatable bonds is 7. The zero-order valence-electron chi connectivity index (χ0n) is 16.5. The second-order valence-electron chi connectivity index (χ2n) is 6.86. The smallest absolute Gasteiger partial charge is 0.299 e. The molecule has 0 aliphatic rings. The molecule has 29 heavy (non-hydrogen) atoms. The van der Waals surface area contributed by atoms with Crippen LogP contribution in [-0.2, 0) is 19.5 Å². The minimum absolute atomic E-state index is 0.0479. The van der Waals surface area contributed by atoms with Crippen LogP contribution >= 0.6 is 0 Å². The molecule has 0 aliphatic carbocycles. The minimum atomic E-state index is 0.0479. The standard InChI is InChI=1S/C21H23N7O/c1-3-6-17-14-27(4-2)21(29)28(17)13-15-8-10-16(11-9-15)18-7-5-12-22-19(18)20-23-25-26-24-20/h5,7-12,14H,3-4,6,13H2,1-2H3,(H,23,24,25,26). The van der Waals surface area contributed by atoms with Crippen LogP contribution in [0.3, 0.4) is 0 Å². The lowest BCUT2D eigenvalue weighted by Gasteiger charge is -2.09. The van der Waals surface area contributed by atoms with Gasteiger partial charge in [0.05, 0.1) is 6.54 Å². The molecular weight excluding hydrogens is 366 g/mol. The fraction of sp³-hybridized carbons (Fsp3) is 0.286. The molecule has 0 aliphatic heterocycles. The van der Waals surface area contributed by atoms with E-state index in [9.17, 15) is 4.79 Å². The lowest BCUT2D eigenvalue weighted by Crippen LogP contribution is -2.25. The van der Waals surface area contributed by atoms with Gasteiger partial charge in [-0.2, -0.15) is 5.21 Å². The molecule has 0 spiro atoms. The zero-order chi connectivity index (χ0) is 20.2. The van der Waals surface area contributed by atoms with Crippen molar-refractivity contribution in [1.82, 2.24) is 34.7 Å². The van der Waals surface area contributed by atoms with Gasteiger partial charge < -0.3 is 0 Å². The van der Waals surface area contributed by atoms with Crippen LogP contribution < -0.4 is 5.69 Å². The van der Waals surface area contributed by atoms with Crippen molar-refractivity contribution in [1.29, 1.82) is 0 Å². The Morgan fingerprint density at radius 2 is 1.93 bits per heavy atom. The molecule has 0 bridgehead atoms. The van der Waals surface area contributed by atoms with E-state index in [0.29, 0.717) is 24.6 Å². The normalized spacial score (nSPS) is 11.1. The first-order valence-corrected chi connectivity index (χ1v) is 9.78. The van der Waals surface area contributed by atoms with Gasteiger partial charge in [-0.1, -0.05) is 43.7 Å². The van der Waals surface area contributed by atoms with E-state index in [4.69, 9.17) is 0 Å². The van der Waals surface area contributed by atoms with Gasteiger partial charge in [0, 0.05) is 30.2 Å². The highest BCUT2D eigenvalue weighted by molar-refractivity contribution is 5.77. The summed E-state index contributed by atoms with van der Waals surface area (Å²) in [5.41, 5.74) is 4.82. The summed E-state index contributed by atoms with van der Waals surface area (Å²) >= 11 is 0. The third kappa shape index (κ3) is 3.73. The third-order valence-corrected chi connectivity index (χ3v) is 4.95. The van der Waals surface area contributed by atoms with Gasteiger partial charge in [-0.15, -0.1) is 10.2 Å². The van der Waals surface area contributed by atoms with Gasteiger partial charge in [-0.05, 0) is 35.8 Å². The maximum Gasteiger partial charge on any atom is 0.328 e. The summed E-state index contributed by atoms with van der Waals surface area (Å²) in [5.74, 6) is 0.460. The van der Waals surface area contributed by atoms with Crippen LogP contribution in [0.2, 0.25) is 0 Å². The zero-order valence-corrected chi connectivity index (χ0v) is 16.5. The number of nitrogens with zero attached hydrogens (tertiary/aromatic N) is 6. The molecular formula is C21H23N7O. The Labute approximate surface area is 168 Å². The fourth-order valence-corrected chi connectivity index (χ4v) is 3.48. The number of hydrogen-bond acceptors (Lipinski definition) is 5. The molecule has 0 unspecified atom stereocenters. The van der Waals surface area contributed by atoms with Crippen LogP contribution in [0.15, 0.2) is 53.6 Å². The first kappa shape index (κ1) is 18.8. The first-order chi connectivity index (χ1) is 14.2. The number of aryl methyl sites for hydroxylation is 2. The summed E-state index contributed by atoms with van der Waals surface area (Å²) in [7, 11) is 0. The highest BCUT2D eigenvalue weighted by Gasteiger charge is 2.13. The number of nitrogens with one attached hydrogen (secondary N) is 1. The minimum Gasteiger partial charge on any atom is -0.299 e. The molecule has 1 aromatic carbocycles. The monoisotopic (exact) mass is 389 g/mol. The number of aromatic amines is 1. The van der Waals surface area contributed by atoms with Crippen LogP contribution in [0.5, 0.6) is 0 Å². The van der Waals surface area contributed by atoms with E-state index >= 15 is 0 Å². The topological polar surface area (TPSA) is 94.3 Å². The highest BCUT2D eigenvalue weighted by atomic mass is 16.1. The molecule has 0 fully saturated rings. The highest BCUT2D eigenvalue weighted by Crippen LogP contribution is 2.28. The van der Waals surface area contributed by atoms with Gasteiger partial charge in [-0.3, -0.25) is 14.1 Å². The fourth-order valence-electron chi connectivity index (χ4n) is 3.48. The summed E-state index contributed by atoms with van der Waals surface area (Å²) < 4.78 is 3.64. The molecule has 0 amide bonds. The van der Waals surface area contributed by atoms with Gasteiger partial charge in [0.25, 0.3) is 0 Å². The molecule has 4 aromatic rings. The molecule has 8 nitrogen and oxygen atoms in total. The molecule has 0 saturated heterocycles. The van der Waals surface area contributed by atoms with Gasteiger partial charge >= 0.3 is 5.69 Å². The predicted octanol–water partition coefficient (Wildman–Crippen LogP) is 2.91. The van der Waals surface area contributed by atoms with E-state index < -0.39 is 0 Å². The Kier molecular flexibility index (Phi) is 5.33. The number of benzene rings is 1. The second kappa shape index (κ2) is 8.22. The number of imidazole rings is 1. The molecule has 0 saturated carbocycles. The molecule has 3 heterocycles. The summed E-state index contributed by atoms with van der Waals surface area (Å²) in [5, 5.41) is 14.2. The van der Waals surface area contributed by atoms with Crippen molar-refractivity contribution in [2.24, 2.45) is 0 Å². The third-order valence-electron chi connectivity index (χ3n) is 4.95. The Morgan fingerprint density at radius 3 is 2.62 bits per heavy atom. The molecule has 3 aromatic heterocycles. The summed E-state index contributed by atoms with van der Waals surface area (Å²) in [6.45, 7) is 5.36. The molecule has 148 valence electrons. The second-order valence-corrected chi connectivity index (χ2v) is 6.86. The van der Waals surface area contributed by atoms with Crippen molar-refractivity contribution in [3.8, 4) is 22.6 Å². The Bertz CT molecular complexity index is 1140. The number of tetrazole rings is 1. The number of aromatic nitrogens is 7. The molecule has 4 rings (SSSR count). The van der Waals surface area contributed by atoms with Crippen LogP contribution in [0.25, 0.3) is 22.6 Å². The van der Waals surface area contributed by atoms with Gasteiger partial charge in [0.1, 0.15) is 5.69 Å². The van der Waals surface area contributed by atoms with Crippen LogP contribution in [0.4, 0.5) is 0 Å². The van der Waals surface area contributed by atoms with E-state index in [1.54, 1.807) is 10.8 Å². The van der Waals surface area contributed by atoms with E-state index in [1.165, 1.54) is 0 Å². The lowest BCUT2D eigenvalue weighted by molar-refractivity contribution is 0.653. The van der Waals surface area contributed by atoms with Crippen molar-refractivity contribution in [3.63, 3.8) is 0 Å². The van der Waals surface area contributed by atoms with Crippen molar-refractivity contribution in [3.05, 3.63) is 70.5 Å². The van der Waals surface area contributed by atoms with E-state index in [2.05, 4.69) is 32.5 Å². The van der Waals surface area contributed by atoms with Gasteiger partial charge in [0.2, 0.25) is 5.82 Å². The Morgan fingerprint density at radius 1 is 1.10 bits per heavy atom. The average Bonchev–Trinajstić information content (AvgIpc) is 3.39. The van der Waals surface area contributed by atoms with E-state index in [0.717, 1.165) is 35.2 Å². The van der Waals surface area contributed by atoms with Gasteiger partial charge in [0.15, 0.2) is 0 Å². The summed E-state index contributed by atoms with van der Waals surface area (Å²) in [6, 6.07) is 12.0. The average molecular weight is 389 g/mol. The maximum atomic E-state index is 12.7. The Balaban J connectivity index is 1.64. The van der Waals surface area contributed by atoms with Crippen LogP contribution in [0.1, 0.15) is 31.5 Å². The van der Waals surface area contributed by atoms with Gasteiger partial charge in [-0.25, -0.2) is 4.79 Å². The SMILES string of the molecule is CCCc1cn(CC)c(=O)n1Cc1ccc(-c2cccnc2-c2nn[nH]n2)cc1. The number of pyridine rings is 1. The van der Waals surface area contributed by atoms with E-state index in [-0.39, 0.29) is 5.69 Å². The van der Waals surface area contributed by atoms with Crippen molar-refractivity contribution < 1.29 is 0 Å². The quantitative estimate of drug-likeness (QED) is 0.524. The summed E-state index contributed by atoms with van der Waals surface area (Å²) in [4.78, 5) is 17.1. The van der Waals surface area contributed by atoms with Crippen molar-refractivity contribution >= 4 is 0 Å². The maximum absolute atomic E-state index is 12.7. The first-order valence-electron chi connectivity index (χ1n) is 9.78. The van der Waals surface area contributed by atoms with Crippen molar-refractivity contribution in [2.45, 2.75) is 39.8 Å². The largest absolute Gasteiger partial charge is 0.328 e. The van der Waals surface area contributed by atoms with Crippen LogP contribution in [0, 0.1) is 0 Å². The van der Waals surface area contributed by atoms with E-state index in [1.807, 2.05) is 54.1 Å². The molecule has 1 N–H and O–H groups in total. The molecule has 0 atom stereocenters.